The average molecular weight is 504 g/mol. The maximum Gasteiger partial charge on any atom is 0.335 e. The van der Waals surface area contributed by atoms with Crippen LogP contribution in [0.1, 0.15) is 48.0 Å². The largest absolute Gasteiger partial charge is 0.491 e. The molecule has 0 fully saturated rings. The van der Waals surface area contributed by atoms with Crippen molar-refractivity contribution in [3.63, 3.8) is 0 Å². The number of carboxylic acids is 1. The van der Waals surface area contributed by atoms with Crippen molar-refractivity contribution >= 4 is 28.8 Å². The highest BCUT2D eigenvalue weighted by molar-refractivity contribution is 5.87. The molecule has 0 aliphatic carbocycles. The van der Waals surface area contributed by atoms with Crippen molar-refractivity contribution < 1.29 is 14.6 Å². The number of aryl methyl sites for hydroxylation is 2. The Morgan fingerprint density at radius 2 is 1.70 bits per heavy atom. The van der Waals surface area contributed by atoms with Crippen molar-refractivity contribution in [2.75, 3.05) is 29.5 Å². The van der Waals surface area contributed by atoms with E-state index in [2.05, 4.69) is 44.8 Å². The molecule has 4 rings (SSSR count). The smallest absolute Gasteiger partial charge is 0.335 e. The van der Waals surface area contributed by atoms with Crippen LogP contribution in [0.15, 0.2) is 42.7 Å². The Morgan fingerprint density at radius 1 is 1.03 bits per heavy atom. The number of pyridine rings is 1. The number of hydrogen-bond acceptors (Lipinski definition) is 8. The standard InChI is InChI=1S/C27H33N7O3/c1-6-33(7-2)24-21(13-23-18(4)31-32(5)25(23)30-24)17-34(27-28-14-22(15-29-27)37-8-3)16-19-9-11-20(12-10-19)26(35)36/h9-15H,6-8,16-17H2,1-5H3,(H,35,36). The molecule has 0 aliphatic rings. The highest BCUT2D eigenvalue weighted by atomic mass is 16.5. The van der Waals surface area contributed by atoms with Crippen molar-refractivity contribution in [2.24, 2.45) is 7.05 Å². The first-order chi connectivity index (χ1) is 17.8. The van der Waals surface area contributed by atoms with Crippen molar-refractivity contribution in [3.8, 4) is 5.75 Å². The van der Waals surface area contributed by atoms with Crippen LogP contribution < -0.4 is 14.5 Å². The summed E-state index contributed by atoms with van der Waals surface area (Å²) < 4.78 is 7.35. The van der Waals surface area contributed by atoms with Crippen LogP contribution in [0.3, 0.4) is 0 Å². The quantitative estimate of drug-likeness (QED) is 0.322. The van der Waals surface area contributed by atoms with Crippen LogP contribution in [0.5, 0.6) is 5.75 Å². The number of ether oxygens (including phenoxy) is 1. The third-order valence-corrected chi connectivity index (χ3v) is 6.26. The molecule has 0 saturated heterocycles. The van der Waals surface area contributed by atoms with Gasteiger partial charge >= 0.3 is 5.97 Å². The van der Waals surface area contributed by atoms with Crippen LogP contribution in [0, 0.1) is 6.92 Å². The first kappa shape index (κ1) is 25.9. The molecule has 3 heterocycles. The van der Waals surface area contributed by atoms with Gasteiger partial charge in [-0.2, -0.15) is 5.10 Å². The predicted molar refractivity (Wildman–Crippen MR) is 143 cm³/mol. The second-order valence-electron chi connectivity index (χ2n) is 8.73. The van der Waals surface area contributed by atoms with Crippen molar-refractivity contribution in [2.45, 2.75) is 40.8 Å². The van der Waals surface area contributed by atoms with Crippen molar-refractivity contribution in [3.05, 3.63) is 65.1 Å². The van der Waals surface area contributed by atoms with Gasteiger partial charge in [0.1, 0.15) is 5.82 Å². The van der Waals surface area contributed by atoms with Gasteiger partial charge in [-0.05, 0) is 51.5 Å². The normalized spacial score (nSPS) is 11.1. The zero-order valence-corrected chi connectivity index (χ0v) is 22.0. The molecule has 10 nitrogen and oxygen atoms in total. The van der Waals surface area contributed by atoms with E-state index in [-0.39, 0.29) is 5.56 Å². The van der Waals surface area contributed by atoms with Crippen LogP contribution in [-0.2, 0) is 20.1 Å². The third-order valence-electron chi connectivity index (χ3n) is 6.26. The minimum Gasteiger partial charge on any atom is -0.491 e. The van der Waals surface area contributed by atoms with Crippen LogP contribution in [0.4, 0.5) is 11.8 Å². The summed E-state index contributed by atoms with van der Waals surface area (Å²) in [4.78, 5) is 29.8. The molecule has 194 valence electrons. The number of anilines is 2. The summed E-state index contributed by atoms with van der Waals surface area (Å²) >= 11 is 0. The van der Waals surface area contributed by atoms with Gasteiger partial charge in [-0.3, -0.25) is 4.68 Å². The molecule has 0 atom stereocenters. The molecule has 1 aromatic carbocycles. The first-order valence-electron chi connectivity index (χ1n) is 12.4. The Bertz CT molecular complexity index is 1360. The number of aromatic nitrogens is 5. The summed E-state index contributed by atoms with van der Waals surface area (Å²) in [6.07, 6.45) is 3.34. The summed E-state index contributed by atoms with van der Waals surface area (Å²) in [5.41, 5.74) is 3.99. The van der Waals surface area contributed by atoms with Gasteiger partial charge in [-0.15, -0.1) is 0 Å². The van der Waals surface area contributed by atoms with Gasteiger partial charge < -0.3 is 19.6 Å². The number of benzene rings is 1. The average Bonchev–Trinajstić information content (AvgIpc) is 3.17. The Hall–Kier alpha value is -4.21. The van der Waals surface area contributed by atoms with E-state index in [1.807, 2.05) is 37.7 Å². The molecule has 37 heavy (non-hydrogen) atoms. The van der Waals surface area contributed by atoms with E-state index in [0.717, 1.165) is 46.8 Å². The van der Waals surface area contributed by atoms with Gasteiger partial charge in [0, 0.05) is 44.2 Å². The Balaban J connectivity index is 1.77. The van der Waals surface area contributed by atoms with Gasteiger partial charge in [0.25, 0.3) is 0 Å². The number of carbonyl (C=O) groups is 1. The lowest BCUT2D eigenvalue weighted by Crippen LogP contribution is -2.29. The summed E-state index contributed by atoms with van der Waals surface area (Å²) in [5, 5.41) is 14.9. The van der Waals surface area contributed by atoms with Crippen LogP contribution in [-0.4, -0.2) is 55.5 Å². The van der Waals surface area contributed by atoms with E-state index in [1.54, 1.807) is 24.5 Å². The van der Waals surface area contributed by atoms with E-state index in [0.29, 0.717) is 31.4 Å². The number of hydrogen-bond donors (Lipinski definition) is 1. The van der Waals surface area contributed by atoms with Gasteiger partial charge in [0.05, 0.1) is 30.3 Å². The second kappa shape index (κ2) is 11.2. The molecule has 3 aromatic heterocycles. The lowest BCUT2D eigenvalue weighted by molar-refractivity contribution is 0.0697. The Labute approximate surface area is 216 Å². The van der Waals surface area contributed by atoms with Crippen molar-refractivity contribution in [1.82, 2.24) is 24.7 Å². The van der Waals surface area contributed by atoms with E-state index >= 15 is 0 Å². The van der Waals surface area contributed by atoms with Gasteiger partial charge in [-0.25, -0.2) is 19.7 Å². The van der Waals surface area contributed by atoms with E-state index in [4.69, 9.17) is 9.72 Å². The summed E-state index contributed by atoms with van der Waals surface area (Å²) in [6, 6.07) is 9.03. The highest BCUT2D eigenvalue weighted by Crippen LogP contribution is 2.28. The zero-order valence-electron chi connectivity index (χ0n) is 22.0. The molecular formula is C27H33N7O3. The molecular weight excluding hydrogens is 470 g/mol. The SMILES string of the molecule is CCOc1cnc(N(Cc2ccc(C(=O)O)cc2)Cc2cc3c(C)nn(C)c3nc2N(CC)CC)nc1. The molecule has 0 spiro atoms. The van der Waals surface area contributed by atoms with E-state index in [9.17, 15) is 9.90 Å². The molecule has 4 aromatic rings. The fraction of sp³-hybridized carbons (Fsp3) is 0.370. The molecule has 1 N–H and O–H groups in total. The highest BCUT2D eigenvalue weighted by Gasteiger charge is 2.20. The molecule has 0 saturated carbocycles. The van der Waals surface area contributed by atoms with Gasteiger partial charge in [0.15, 0.2) is 11.4 Å². The maximum atomic E-state index is 11.3. The fourth-order valence-electron chi connectivity index (χ4n) is 4.38. The van der Waals surface area contributed by atoms with Crippen molar-refractivity contribution in [1.29, 1.82) is 0 Å². The Morgan fingerprint density at radius 3 is 2.30 bits per heavy atom. The van der Waals surface area contributed by atoms with E-state index in [1.165, 1.54) is 0 Å². The summed E-state index contributed by atoms with van der Waals surface area (Å²) in [7, 11) is 1.91. The van der Waals surface area contributed by atoms with Crippen LogP contribution >= 0.6 is 0 Å². The molecule has 0 amide bonds. The summed E-state index contributed by atoms with van der Waals surface area (Å²) in [6.45, 7) is 11.3. The number of aromatic carboxylic acids is 1. The lowest BCUT2D eigenvalue weighted by Gasteiger charge is -2.27. The molecule has 0 bridgehead atoms. The second-order valence-corrected chi connectivity index (χ2v) is 8.73. The topological polar surface area (TPSA) is 109 Å². The first-order valence-corrected chi connectivity index (χ1v) is 12.4. The maximum absolute atomic E-state index is 11.3. The zero-order chi connectivity index (χ0) is 26.5. The van der Waals surface area contributed by atoms with Gasteiger partial charge in [0.2, 0.25) is 5.95 Å². The van der Waals surface area contributed by atoms with Crippen LogP contribution in [0.25, 0.3) is 11.0 Å². The van der Waals surface area contributed by atoms with Crippen LogP contribution in [0.2, 0.25) is 0 Å². The fourth-order valence-corrected chi connectivity index (χ4v) is 4.38. The molecule has 0 radical (unpaired) electrons. The number of nitrogens with zero attached hydrogens (tertiary/aromatic N) is 7. The molecule has 0 aliphatic heterocycles. The monoisotopic (exact) mass is 503 g/mol. The number of rotatable bonds is 11. The number of carboxylic acid groups (broad SMARTS) is 1. The minimum absolute atomic E-state index is 0.248. The third kappa shape index (κ3) is 5.63. The lowest BCUT2D eigenvalue weighted by atomic mass is 10.1. The predicted octanol–water partition coefficient (Wildman–Crippen LogP) is 4.22. The number of fused-ring (bicyclic) bond motifs is 1. The van der Waals surface area contributed by atoms with Gasteiger partial charge in [-0.1, -0.05) is 12.1 Å². The molecule has 10 heteroatoms. The minimum atomic E-state index is -0.951. The molecule has 0 unspecified atom stereocenters. The summed E-state index contributed by atoms with van der Waals surface area (Å²) in [5.74, 6) is 1.10. The van der Waals surface area contributed by atoms with E-state index < -0.39 is 5.97 Å². The Kier molecular flexibility index (Phi) is 7.86.